The molecule has 0 amide bonds. The number of hydrogen-bond acceptors (Lipinski definition) is 3. The molecule has 0 radical (unpaired) electrons. The maximum absolute atomic E-state index is 13.7. The first kappa shape index (κ1) is 36.9. The average molecular weight is 733 g/mol. The number of benzene rings is 5. The Bertz CT molecular complexity index is 1900. The fourth-order valence-corrected chi connectivity index (χ4v) is 6.59. The summed E-state index contributed by atoms with van der Waals surface area (Å²) in [6, 6.07) is 34.2. The van der Waals surface area contributed by atoms with E-state index in [-0.39, 0.29) is 10.7 Å². The van der Waals surface area contributed by atoms with Crippen molar-refractivity contribution in [1.82, 2.24) is 0 Å². The second-order valence-corrected chi connectivity index (χ2v) is 14.3. The van der Waals surface area contributed by atoms with Crippen molar-refractivity contribution in [2.24, 2.45) is 0 Å². The van der Waals surface area contributed by atoms with E-state index >= 15 is 0 Å². The molecule has 0 atom stereocenters. The molecule has 48 heavy (non-hydrogen) atoms. The molecule has 254 valence electrons. The van der Waals surface area contributed by atoms with E-state index in [0.29, 0.717) is 10.6 Å². The van der Waals surface area contributed by atoms with Gasteiger partial charge in [0.1, 0.15) is 5.75 Å². The van der Waals surface area contributed by atoms with E-state index in [1.165, 1.54) is 23.9 Å². The van der Waals surface area contributed by atoms with Gasteiger partial charge in [0.05, 0.1) is 23.8 Å². The first-order valence-electron chi connectivity index (χ1n) is 13.8. The number of ether oxygens (including phenoxy) is 1. The summed E-state index contributed by atoms with van der Waals surface area (Å²) >= 11 is 2.62. The van der Waals surface area contributed by atoms with E-state index in [9.17, 15) is 43.1 Å². The van der Waals surface area contributed by atoms with Crippen molar-refractivity contribution in [2.75, 3.05) is 7.11 Å². The maximum atomic E-state index is 13.7. The van der Waals surface area contributed by atoms with Crippen LogP contribution in [0.4, 0.5) is 38.4 Å². The molecule has 0 bridgehead atoms. The van der Waals surface area contributed by atoms with Gasteiger partial charge in [-0.25, -0.2) is 0 Å². The van der Waals surface area contributed by atoms with E-state index in [4.69, 9.17) is 4.74 Å². The SMILES string of the molecule is COc1ccc(Sc2ccccc2C(F)(F)F)c(-c2ccc(Sc3cccc(C)c3C(=[OH+])c3ccccc3)cc2)c1.F[P-](F)(F)(F)(F)F. The monoisotopic (exact) mass is 732 g/mol. The van der Waals surface area contributed by atoms with Crippen LogP contribution >= 0.6 is 31.3 Å². The van der Waals surface area contributed by atoms with Gasteiger partial charge in [-0.2, -0.15) is 13.2 Å². The number of rotatable bonds is 8. The van der Waals surface area contributed by atoms with Crippen LogP contribution in [-0.4, -0.2) is 17.7 Å². The van der Waals surface area contributed by atoms with E-state index in [2.05, 4.69) is 0 Å². The first-order chi connectivity index (χ1) is 22.2. The molecule has 0 spiro atoms. The molecular formula is C34H26F9O2PS2. The van der Waals surface area contributed by atoms with Crippen LogP contribution in [0.25, 0.3) is 11.1 Å². The molecule has 0 aliphatic carbocycles. The Balaban J connectivity index is 0.000000671. The van der Waals surface area contributed by atoms with Crippen molar-refractivity contribution in [3.8, 4) is 16.9 Å². The molecule has 1 N–H and O–H groups in total. The number of methoxy groups -OCH3 is 1. The molecule has 2 nitrogen and oxygen atoms in total. The van der Waals surface area contributed by atoms with Crippen molar-refractivity contribution in [2.45, 2.75) is 32.7 Å². The molecule has 0 saturated heterocycles. The fraction of sp³-hybridized carbons (Fsp3) is 0.0882. The summed E-state index contributed by atoms with van der Waals surface area (Å²) in [5, 5.41) is 0. The van der Waals surface area contributed by atoms with Crippen molar-refractivity contribution in [1.29, 1.82) is 0 Å². The predicted octanol–water partition coefficient (Wildman–Crippen LogP) is 13.3. The van der Waals surface area contributed by atoms with Gasteiger partial charge >= 0.3 is 44.9 Å². The van der Waals surface area contributed by atoms with Crippen LogP contribution < -0.4 is 4.74 Å². The predicted molar refractivity (Wildman–Crippen MR) is 174 cm³/mol. The van der Waals surface area contributed by atoms with Gasteiger partial charge < -0.3 is 4.74 Å². The molecule has 5 aromatic carbocycles. The normalized spacial score (nSPS) is 13.1. The van der Waals surface area contributed by atoms with Crippen molar-refractivity contribution >= 4 is 37.1 Å². The average Bonchev–Trinajstić information content (AvgIpc) is 3.00. The van der Waals surface area contributed by atoms with Gasteiger partial charge in [0.25, 0.3) is 0 Å². The number of halogens is 9. The van der Waals surface area contributed by atoms with E-state index in [1.807, 2.05) is 85.8 Å². The van der Waals surface area contributed by atoms with Gasteiger partial charge in [-0.1, -0.05) is 78.1 Å². The number of aryl methyl sites for hydroxylation is 1. The molecule has 14 heteroatoms. The minimum absolute atomic E-state index is 0.139. The van der Waals surface area contributed by atoms with Gasteiger partial charge in [-0.15, -0.1) is 0 Å². The zero-order valence-corrected chi connectivity index (χ0v) is 27.5. The van der Waals surface area contributed by atoms with E-state index in [0.717, 1.165) is 55.4 Å². The van der Waals surface area contributed by atoms with Gasteiger partial charge in [0.2, 0.25) is 0 Å². The standard InChI is InChI=1S/C34H25F3O2S2.F6P/c1-22-9-8-14-31(32(22)33(38)24-10-4-3-5-11-24)40-26-18-15-23(16-19-26)27-21-25(39-2)17-20-29(27)41-30-13-7-6-12-28(30)34(35,36)37;1-7(2,3,4,5)6/h3-21H,1-2H3;/q;-1/p+1. The minimum atomic E-state index is -10.7. The molecule has 0 unspecified atom stereocenters. The zero-order valence-electron chi connectivity index (χ0n) is 25.0. The third kappa shape index (κ3) is 11.1. The summed E-state index contributed by atoms with van der Waals surface area (Å²) in [7, 11) is -9.10. The number of carbonyl (C=O) groups excluding carboxylic acids is 1. The number of ketones is 1. The topological polar surface area (TPSA) is 30.6 Å². The summed E-state index contributed by atoms with van der Waals surface area (Å²) in [4.78, 5) is 13.8. The third-order valence-corrected chi connectivity index (χ3v) is 8.73. The van der Waals surface area contributed by atoms with Gasteiger partial charge in [0.15, 0.2) is 0 Å². The van der Waals surface area contributed by atoms with E-state index < -0.39 is 19.5 Å². The van der Waals surface area contributed by atoms with Crippen molar-refractivity contribution < 1.29 is 47.9 Å². The van der Waals surface area contributed by atoms with Crippen LogP contribution in [0.2, 0.25) is 0 Å². The Hall–Kier alpha value is -3.93. The van der Waals surface area contributed by atoms with Crippen molar-refractivity contribution in [3.63, 3.8) is 0 Å². The molecule has 0 saturated carbocycles. The molecule has 0 heterocycles. The second-order valence-electron chi connectivity index (χ2n) is 10.2. The van der Waals surface area contributed by atoms with Crippen LogP contribution in [0.3, 0.4) is 0 Å². The van der Waals surface area contributed by atoms with Crippen LogP contribution in [0.15, 0.2) is 135 Å². The van der Waals surface area contributed by atoms with Gasteiger partial charge in [0, 0.05) is 19.6 Å². The quantitative estimate of drug-likeness (QED) is 0.0689. The second kappa shape index (κ2) is 13.5. The molecule has 0 aliphatic heterocycles. The number of alkyl halides is 3. The zero-order chi connectivity index (χ0) is 35.4. The molecular weight excluding hydrogens is 706 g/mol. The molecule has 5 rings (SSSR count). The van der Waals surface area contributed by atoms with Gasteiger partial charge in [-0.05, 0) is 84.3 Å². The molecule has 5 aromatic rings. The van der Waals surface area contributed by atoms with Crippen LogP contribution in [-0.2, 0) is 6.18 Å². The Morgan fingerprint density at radius 1 is 0.667 bits per heavy atom. The molecule has 0 fully saturated rings. The summed E-state index contributed by atoms with van der Waals surface area (Å²) in [5.74, 6) is 0.836. The fourth-order valence-electron chi connectivity index (χ4n) is 4.46. The Morgan fingerprint density at radius 2 is 1.25 bits per heavy atom. The number of hydrogen-bond donors (Lipinski definition) is 0. The Labute approximate surface area is 278 Å². The first-order valence-corrected chi connectivity index (χ1v) is 17.4. The van der Waals surface area contributed by atoms with E-state index in [1.54, 1.807) is 25.3 Å². The summed E-state index contributed by atoms with van der Waals surface area (Å²) in [6.07, 6.45) is -4.45. The Kier molecular flexibility index (Phi) is 10.4. The summed E-state index contributed by atoms with van der Waals surface area (Å²) in [6.45, 7) is 1.97. The Morgan fingerprint density at radius 3 is 1.85 bits per heavy atom. The van der Waals surface area contributed by atoms with Gasteiger partial charge in [-0.3, -0.25) is 4.79 Å². The third-order valence-electron chi connectivity index (χ3n) is 6.51. The van der Waals surface area contributed by atoms with Crippen LogP contribution in [0.5, 0.6) is 5.75 Å². The van der Waals surface area contributed by atoms with Crippen molar-refractivity contribution in [3.05, 3.63) is 138 Å². The summed E-state index contributed by atoms with van der Waals surface area (Å²) < 4.78 is 106. The van der Waals surface area contributed by atoms with Crippen LogP contribution in [0.1, 0.15) is 22.3 Å². The molecule has 0 aliphatic rings. The summed E-state index contributed by atoms with van der Waals surface area (Å²) in [5.41, 5.74) is 3.45. The van der Waals surface area contributed by atoms with Crippen LogP contribution in [0, 0.1) is 6.92 Å². The molecule has 0 aromatic heterocycles.